The Labute approximate surface area is 142 Å². The predicted molar refractivity (Wildman–Crippen MR) is 90.9 cm³/mol. The molecule has 1 heterocycles. The number of carbonyl (C=O) groups excluding carboxylic acids is 1. The molecule has 1 saturated heterocycles. The number of rotatable bonds is 4. The minimum atomic E-state index is -0.00810. The molecule has 1 fully saturated rings. The molecule has 0 spiro atoms. The van der Waals surface area contributed by atoms with Crippen LogP contribution in [0.4, 0.5) is 0 Å². The average Bonchev–Trinajstić information content (AvgIpc) is 2.47. The van der Waals surface area contributed by atoms with Gasteiger partial charge in [-0.1, -0.05) is 30.1 Å². The van der Waals surface area contributed by atoms with Gasteiger partial charge in [-0.3, -0.25) is 4.79 Å². The van der Waals surface area contributed by atoms with E-state index in [0.717, 1.165) is 38.9 Å². The monoisotopic (exact) mass is 350 g/mol. The first kappa shape index (κ1) is 18.6. The third-order valence-corrected chi connectivity index (χ3v) is 4.20. The number of hydrogen-bond acceptors (Lipinski definition) is 2. The number of piperidine rings is 1. The average molecular weight is 352 g/mol. The van der Waals surface area contributed by atoms with Crippen LogP contribution in [0.5, 0.6) is 0 Å². The van der Waals surface area contributed by atoms with Crippen molar-refractivity contribution in [2.75, 3.05) is 19.6 Å². The summed E-state index contributed by atoms with van der Waals surface area (Å²) in [4.78, 5) is 14.7. The molecule has 1 aromatic carbocycles. The van der Waals surface area contributed by atoms with Gasteiger partial charge < -0.3 is 10.2 Å². The van der Waals surface area contributed by atoms with Crippen LogP contribution in [0, 0.1) is 0 Å². The largest absolute Gasteiger partial charge is 0.336 e. The molecule has 1 aliphatic heterocycles. The van der Waals surface area contributed by atoms with E-state index in [-0.39, 0.29) is 18.3 Å². The molecule has 0 unspecified atom stereocenters. The molecule has 118 valence electrons. The number of halogens is 3. The standard InChI is InChI=1S/C15H20Cl2N2O.ClH/c1-2-9-19(12-5-7-18-8-6-12)15(20)13-10-11(16)3-4-14(13)17;/h3-4,10,12,18H,2,5-9H2,1H3;1H. The molecule has 0 atom stereocenters. The van der Waals surface area contributed by atoms with Gasteiger partial charge in [-0.05, 0) is 50.6 Å². The molecule has 0 bridgehead atoms. The van der Waals surface area contributed by atoms with E-state index < -0.39 is 0 Å². The van der Waals surface area contributed by atoms with Gasteiger partial charge in [0.2, 0.25) is 0 Å². The number of nitrogens with one attached hydrogen (secondary N) is 1. The van der Waals surface area contributed by atoms with Gasteiger partial charge in [-0.15, -0.1) is 12.4 Å². The lowest BCUT2D eigenvalue weighted by Gasteiger charge is -2.34. The van der Waals surface area contributed by atoms with Crippen molar-refractivity contribution in [1.82, 2.24) is 10.2 Å². The summed E-state index contributed by atoms with van der Waals surface area (Å²) in [6, 6.07) is 5.34. The van der Waals surface area contributed by atoms with E-state index in [0.29, 0.717) is 21.7 Å². The second-order valence-corrected chi connectivity index (χ2v) is 5.95. The maximum atomic E-state index is 12.8. The zero-order chi connectivity index (χ0) is 14.5. The van der Waals surface area contributed by atoms with Gasteiger partial charge >= 0.3 is 0 Å². The van der Waals surface area contributed by atoms with E-state index in [4.69, 9.17) is 23.2 Å². The lowest BCUT2D eigenvalue weighted by atomic mass is 10.0. The van der Waals surface area contributed by atoms with E-state index in [1.165, 1.54) is 0 Å². The van der Waals surface area contributed by atoms with Crippen molar-refractivity contribution in [3.05, 3.63) is 33.8 Å². The molecular weight excluding hydrogens is 331 g/mol. The Bertz CT molecular complexity index is 476. The van der Waals surface area contributed by atoms with Gasteiger partial charge in [0.15, 0.2) is 0 Å². The third-order valence-electron chi connectivity index (χ3n) is 3.63. The summed E-state index contributed by atoms with van der Waals surface area (Å²) >= 11 is 12.1. The highest BCUT2D eigenvalue weighted by atomic mass is 35.5. The van der Waals surface area contributed by atoms with Crippen LogP contribution in [0.25, 0.3) is 0 Å². The molecule has 1 aliphatic rings. The zero-order valence-corrected chi connectivity index (χ0v) is 14.4. The van der Waals surface area contributed by atoms with Crippen LogP contribution in [0.1, 0.15) is 36.5 Å². The molecule has 2 rings (SSSR count). The first-order valence-corrected chi connectivity index (χ1v) is 7.85. The summed E-state index contributed by atoms with van der Waals surface area (Å²) in [6.45, 7) is 4.76. The fourth-order valence-corrected chi connectivity index (χ4v) is 3.00. The summed E-state index contributed by atoms with van der Waals surface area (Å²) in [5.41, 5.74) is 0.506. The third kappa shape index (κ3) is 4.75. The smallest absolute Gasteiger partial charge is 0.255 e. The van der Waals surface area contributed by atoms with Crippen molar-refractivity contribution in [1.29, 1.82) is 0 Å². The second-order valence-electron chi connectivity index (χ2n) is 5.10. The Morgan fingerprint density at radius 2 is 2.00 bits per heavy atom. The Balaban J connectivity index is 0.00000220. The van der Waals surface area contributed by atoms with Crippen LogP contribution in [0.15, 0.2) is 18.2 Å². The topological polar surface area (TPSA) is 32.3 Å². The van der Waals surface area contributed by atoms with Crippen molar-refractivity contribution >= 4 is 41.5 Å². The highest BCUT2D eigenvalue weighted by Crippen LogP contribution is 2.24. The predicted octanol–water partition coefficient (Wildman–Crippen LogP) is 4.02. The maximum Gasteiger partial charge on any atom is 0.255 e. The molecule has 1 amide bonds. The van der Waals surface area contributed by atoms with Gasteiger partial charge in [0.25, 0.3) is 5.91 Å². The quantitative estimate of drug-likeness (QED) is 0.888. The van der Waals surface area contributed by atoms with Crippen LogP contribution in [0.2, 0.25) is 10.0 Å². The Hall–Kier alpha value is -0.480. The van der Waals surface area contributed by atoms with E-state index in [2.05, 4.69) is 12.2 Å². The molecule has 0 aliphatic carbocycles. The Kier molecular flexibility index (Phi) is 7.82. The number of carbonyl (C=O) groups is 1. The van der Waals surface area contributed by atoms with Crippen molar-refractivity contribution < 1.29 is 4.79 Å². The maximum absolute atomic E-state index is 12.8. The summed E-state index contributed by atoms with van der Waals surface area (Å²) < 4.78 is 0. The molecule has 0 radical (unpaired) electrons. The van der Waals surface area contributed by atoms with Gasteiger partial charge in [0.1, 0.15) is 0 Å². The van der Waals surface area contributed by atoms with Gasteiger partial charge in [-0.2, -0.15) is 0 Å². The zero-order valence-electron chi connectivity index (χ0n) is 12.1. The fraction of sp³-hybridized carbons (Fsp3) is 0.533. The lowest BCUT2D eigenvalue weighted by Crippen LogP contribution is -2.46. The van der Waals surface area contributed by atoms with Crippen LogP contribution < -0.4 is 5.32 Å². The molecule has 3 nitrogen and oxygen atoms in total. The van der Waals surface area contributed by atoms with Gasteiger partial charge in [0, 0.05) is 17.6 Å². The Morgan fingerprint density at radius 1 is 1.33 bits per heavy atom. The second kappa shape index (κ2) is 8.84. The first-order chi connectivity index (χ1) is 9.63. The molecule has 21 heavy (non-hydrogen) atoms. The van der Waals surface area contributed by atoms with E-state index in [9.17, 15) is 4.79 Å². The molecule has 1 N–H and O–H groups in total. The van der Waals surface area contributed by atoms with E-state index >= 15 is 0 Å². The highest BCUT2D eigenvalue weighted by Gasteiger charge is 2.26. The number of hydrogen-bond donors (Lipinski definition) is 1. The van der Waals surface area contributed by atoms with Gasteiger partial charge in [0.05, 0.1) is 10.6 Å². The summed E-state index contributed by atoms with van der Waals surface area (Å²) in [5.74, 6) is -0.00810. The minimum Gasteiger partial charge on any atom is -0.336 e. The van der Waals surface area contributed by atoms with Crippen molar-refractivity contribution in [3.63, 3.8) is 0 Å². The van der Waals surface area contributed by atoms with Crippen LogP contribution in [0.3, 0.4) is 0 Å². The minimum absolute atomic E-state index is 0. The highest BCUT2D eigenvalue weighted by molar-refractivity contribution is 6.35. The molecule has 1 aromatic rings. The summed E-state index contributed by atoms with van der Waals surface area (Å²) in [5, 5.41) is 4.33. The number of benzene rings is 1. The molecule has 0 aromatic heterocycles. The summed E-state index contributed by atoms with van der Waals surface area (Å²) in [6.07, 6.45) is 2.92. The molecule has 0 saturated carbocycles. The molecular formula is C15H21Cl3N2O. The molecule has 6 heteroatoms. The number of nitrogens with zero attached hydrogens (tertiary/aromatic N) is 1. The van der Waals surface area contributed by atoms with E-state index in [1.54, 1.807) is 18.2 Å². The summed E-state index contributed by atoms with van der Waals surface area (Å²) in [7, 11) is 0. The van der Waals surface area contributed by atoms with E-state index in [1.807, 2.05) is 4.90 Å². The van der Waals surface area contributed by atoms with Gasteiger partial charge in [-0.25, -0.2) is 0 Å². The van der Waals surface area contributed by atoms with Crippen LogP contribution in [-0.4, -0.2) is 36.5 Å². The lowest BCUT2D eigenvalue weighted by molar-refractivity contribution is 0.0643. The van der Waals surface area contributed by atoms with Crippen LogP contribution in [-0.2, 0) is 0 Å². The van der Waals surface area contributed by atoms with Crippen molar-refractivity contribution in [2.24, 2.45) is 0 Å². The fourth-order valence-electron chi connectivity index (χ4n) is 2.63. The number of amides is 1. The Morgan fingerprint density at radius 3 is 2.62 bits per heavy atom. The normalized spacial score (nSPS) is 15.4. The first-order valence-electron chi connectivity index (χ1n) is 7.10. The van der Waals surface area contributed by atoms with Crippen LogP contribution >= 0.6 is 35.6 Å². The van der Waals surface area contributed by atoms with Crippen molar-refractivity contribution in [2.45, 2.75) is 32.2 Å². The van der Waals surface area contributed by atoms with Crippen molar-refractivity contribution in [3.8, 4) is 0 Å². The SMILES string of the molecule is CCCN(C(=O)c1cc(Cl)ccc1Cl)C1CCNCC1.Cl.